The zero-order valence-electron chi connectivity index (χ0n) is 27.4. The topological polar surface area (TPSA) is 160 Å². The lowest BCUT2D eigenvalue weighted by Gasteiger charge is -2.19. The monoisotopic (exact) mass is 722 g/mol. The fourth-order valence-corrected chi connectivity index (χ4v) is 6.70. The van der Waals surface area contributed by atoms with Gasteiger partial charge in [0, 0.05) is 35.0 Å². The van der Waals surface area contributed by atoms with E-state index in [1.165, 1.54) is 0 Å². The quantitative estimate of drug-likeness (QED) is 0.117. The average Bonchev–Trinajstić information content (AvgIpc) is 3.55. The molecule has 5 aromatic carbocycles. The number of para-hydroxylation sites is 1. The van der Waals surface area contributed by atoms with E-state index in [1.54, 1.807) is 42.5 Å². The Labute approximate surface area is 295 Å². The van der Waals surface area contributed by atoms with Gasteiger partial charge in [0.05, 0.1) is 16.6 Å². The maximum absolute atomic E-state index is 13.9. The first-order chi connectivity index (χ1) is 24.3. The first-order valence-corrected chi connectivity index (χ1v) is 19.5. The van der Waals surface area contributed by atoms with Gasteiger partial charge in [-0.1, -0.05) is 66.7 Å². The van der Waals surface area contributed by atoms with Crippen LogP contribution in [-0.4, -0.2) is 51.8 Å². The first-order valence-electron chi connectivity index (χ1n) is 15.9. The summed E-state index contributed by atoms with van der Waals surface area (Å²) in [5, 5.41) is 6.48. The van der Waals surface area contributed by atoms with Gasteiger partial charge in [-0.25, -0.2) is 8.42 Å². The van der Waals surface area contributed by atoms with Gasteiger partial charge in [0.2, 0.25) is 5.91 Å². The largest absolute Gasteiger partial charge is 0.456 e. The van der Waals surface area contributed by atoms with Gasteiger partial charge >= 0.3 is 0 Å². The minimum absolute atomic E-state index is 0.211. The number of fused-ring (bicyclic) bond motifs is 1. The van der Waals surface area contributed by atoms with E-state index in [4.69, 9.17) is 8.97 Å². The lowest BCUT2D eigenvalue weighted by molar-refractivity contribution is -0.117. The Hall–Kier alpha value is -5.56. The second-order valence-electron chi connectivity index (χ2n) is 12.1. The molecule has 0 saturated carbocycles. The number of sulfone groups is 1. The Morgan fingerprint density at radius 3 is 2.10 bits per heavy atom. The third kappa shape index (κ3) is 8.97. The molecule has 0 bridgehead atoms. The number of nitrogens with one attached hydrogen (secondary N) is 2. The van der Waals surface area contributed by atoms with Crippen LogP contribution in [0.4, 0.5) is 5.69 Å². The SMILES string of the molecule is CS(=O)(=O)c1cccc(-c2ccc(C(Cc3ccc(C(=O)NCCS(=O)(=O)O)cc3)C(=O)Nc3ccc(-c4cc5ccccc5o4)cc3)cc2)c1. The van der Waals surface area contributed by atoms with E-state index >= 15 is 0 Å². The third-order valence-corrected chi connectivity index (χ3v) is 10.2. The van der Waals surface area contributed by atoms with Crippen LogP contribution in [-0.2, 0) is 31.2 Å². The van der Waals surface area contributed by atoms with Crippen molar-refractivity contribution in [3.63, 3.8) is 0 Å². The Kier molecular flexibility index (Phi) is 10.2. The van der Waals surface area contributed by atoms with Crippen LogP contribution in [0.1, 0.15) is 27.4 Å². The van der Waals surface area contributed by atoms with E-state index in [1.807, 2.05) is 84.9 Å². The van der Waals surface area contributed by atoms with Gasteiger partial charge in [-0.15, -0.1) is 0 Å². The summed E-state index contributed by atoms with van der Waals surface area (Å²) in [5.74, 6) is -1.29. The molecule has 260 valence electrons. The minimum atomic E-state index is -4.21. The number of anilines is 1. The number of carbonyl (C=O) groups is 2. The van der Waals surface area contributed by atoms with E-state index < -0.39 is 37.5 Å². The number of hydrogen-bond acceptors (Lipinski definition) is 7. The van der Waals surface area contributed by atoms with Crippen LogP contribution in [0, 0.1) is 0 Å². The Morgan fingerprint density at radius 1 is 0.745 bits per heavy atom. The Morgan fingerprint density at radius 2 is 1.43 bits per heavy atom. The van der Waals surface area contributed by atoms with Gasteiger partial charge in [0.1, 0.15) is 11.3 Å². The molecule has 0 aliphatic rings. The number of hydrogen-bond donors (Lipinski definition) is 3. The summed E-state index contributed by atoms with van der Waals surface area (Å²) in [4.78, 5) is 26.6. The van der Waals surface area contributed by atoms with Crippen LogP contribution in [0.3, 0.4) is 0 Å². The van der Waals surface area contributed by atoms with E-state index in [9.17, 15) is 26.4 Å². The summed E-state index contributed by atoms with van der Waals surface area (Å²) >= 11 is 0. The first kappa shape index (κ1) is 35.3. The predicted octanol–water partition coefficient (Wildman–Crippen LogP) is 6.75. The van der Waals surface area contributed by atoms with Crippen molar-refractivity contribution < 1.29 is 35.4 Å². The molecule has 0 spiro atoms. The summed E-state index contributed by atoms with van der Waals surface area (Å²) in [6, 6.07) is 37.8. The maximum Gasteiger partial charge on any atom is 0.266 e. The molecule has 6 rings (SSSR count). The normalized spacial score (nSPS) is 12.4. The molecule has 1 heterocycles. The van der Waals surface area contributed by atoms with Crippen LogP contribution in [0.25, 0.3) is 33.4 Å². The van der Waals surface area contributed by atoms with Crippen LogP contribution in [0.2, 0.25) is 0 Å². The number of amides is 2. The van der Waals surface area contributed by atoms with Gasteiger partial charge in [0.25, 0.3) is 16.0 Å². The average molecular weight is 723 g/mol. The van der Waals surface area contributed by atoms with Crippen molar-refractivity contribution >= 4 is 48.4 Å². The highest BCUT2D eigenvalue weighted by Crippen LogP contribution is 2.31. The van der Waals surface area contributed by atoms with Crippen LogP contribution < -0.4 is 10.6 Å². The van der Waals surface area contributed by atoms with E-state index in [2.05, 4.69) is 10.6 Å². The molecule has 1 atom stereocenters. The number of benzene rings is 5. The Bertz CT molecular complexity index is 2390. The fraction of sp³-hybridized carbons (Fsp3) is 0.128. The van der Waals surface area contributed by atoms with Gasteiger partial charge in [0.15, 0.2) is 9.84 Å². The molecular formula is C39H34N2O8S2. The molecule has 0 radical (unpaired) electrons. The van der Waals surface area contributed by atoms with Crippen molar-refractivity contribution in [1.29, 1.82) is 0 Å². The zero-order valence-corrected chi connectivity index (χ0v) is 29.1. The molecule has 6 aromatic rings. The van der Waals surface area contributed by atoms with Gasteiger partial charge < -0.3 is 15.1 Å². The molecule has 2 amide bonds. The lowest BCUT2D eigenvalue weighted by Crippen LogP contribution is -2.28. The zero-order chi connectivity index (χ0) is 36.2. The molecule has 0 aliphatic carbocycles. The molecule has 51 heavy (non-hydrogen) atoms. The number of rotatable bonds is 12. The predicted molar refractivity (Wildman–Crippen MR) is 197 cm³/mol. The molecule has 3 N–H and O–H groups in total. The number of furan rings is 1. The molecular weight excluding hydrogens is 689 g/mol. The summed E-state index contributed by atoms with van der Waals surface area (Å²) in [7, 11) is -7.60. The molecule has 0 fully saturated rings. The van der Waals surface area contributed by atoms with Crippen LogP contribution >= 0.6 is 0 Å². The van der Waals surface area contributed by atoms with E-state index in [0.717, 1.165) is 45.0 Å². The maximum atomic E-state index is 13.9. The standard InChI is InChI=1S/C39H34N2O8S2/c1-50(44,45)34-7-4-6-31(24-34)27-13-15-28(16-14-27)35(23-26-9-11-30(12-10-26)38(42)40-21-22-51(46,47)48)39(43)41-33-19-17-29(18-20-33)37-25-32-5-2-3-8-36(32)49-37/h2-20,24-25,35H,21-23H2,1H3,(H,40,42)(H,41,43)(H,46,47,48). The molecule has 0 aliphatic heterocycles. The van der Waals surface area contributed by atoms with E-state index in [0.29, 0.717) is 17.0 Å². The molecule has 1 aromatic heterocycles. The summed E-state index contributed by atoms with van der Waals surface area (Å²) in [5.41, 5.74) is 5.54. The molecule has 10 nitrogen and oxygen atoms in total. The van der Waals surface area contributed by atoms with Gasteiger partial charge in [-0.3, -0.25) is 14.1 Å². The second-order valence-corrected chi connectivity index (χ2v) is 15.7. The van der Waals surface area contributed by atoms with Crippen molar-refractivity contribution in [2.45, 2.75) is 17.2 Å². The highest BCUT2D eigenvalue weighted by molar-refractivity contribution is 7.90. The van der Waals surface area contributed by atoms with Crippen molar-refractivity contribution in [2.24, 2.45) is 0 Å². The van der Waals surface area contributed by atoms with Gasteiger partial charge in [-0.2, -0.15) is 8.42 Å². The molecule has 1 unspecified atom stereocenters. The number of carbonyl (C=O) groups excluding carboxylic acids is 2. The fourth-order valence-electron chi connectivity index (χ4n) is 5.67. The van der Waals surface area contributed by atoms with Crippen LogP contribution in [0.15, 0.2) is 137 Å². The minimum Gasteiger partial charge on any atom is -0.456 e. The van der Waals surface area contributed by atoms with Crippen molar-refractivity contribution in [3.8, 4) is 22.5 Å². The summed E-state index contributed by atoms with van der Waals surface area (Å²) in [6.45, 7) is -0.241. The van der Waals surface area contributed by atoms with Crippen LogP contribution in [0.5, 0.6) is 0 Å². The molecule has 12 heteroatoms. The van der Waals surface area contributed by atoms with E-state index in [-0.39, 0.29) is 23.8 Å². The molecule has 0 saturated heterocycles. The highest BCUT2D eigenvalue weighted by atomic mass is 32.2. The van der Waals surface area contributed by atoms with Gasteiger partial charge in [-0.05, 0) is 89.3 Å². The van der Waals surface area contributed by atoms with Crippen molar-refractivity contribution in [1.82, 2.24) is 5.32 Å². The Balaban J connectivity index is 1.23. The van der Waals surface area contributed by atoms with Crippen molar-refractivity contribution in [3.05, 3.63) is 144 Å². The lowest BCUT2D eigenvalue weighted by atomic mass is 9.89. The second kappa shape index (κ2) is 14.7. The summed E-state index contributed by atoms with van der Waals surface area (Å²) in [6.07, 6.45) is 1.45. The third-order valence-electron chi connectivity index (χ3n) is 8.39. The smallest absolute Gasteiger partial charge is 0.266 e. The highest BCUT2D eigenvalue weighted by Gasteiger charge is 2.22. The summed E-state index contributed by atoms with van der Waals surface area (Å²) < 4.78 is 61.1. The van der Waals surface area contributed by atoms with Crippen molar-refractivity contribution in [2.75, 3.05) is 23.9 Å².